The first kappa shape index (κ1) is 19.6. The molecule has 0 unspecified atom stereocenters. The van der Waals surface area contributed by atoms with Gasteiger partial charge in [0.15, 0.2) is 5.96 Å². The first-order valence-corrected chi connectivity index (χ1v) is 9.94. The van der Waals surface area contributed by atoms with E-state index in [0.717, 1.165) is 44.2 Å². The lowest BCUT2D eigenvalue weighted by Gasteiger charge is -2.33. The van der Waals surface area contributed by atoms with Gasteiger partial charge in [0.05, 0.1) is 12.5 Å². The second-order valence-electron chi connectivity index (χ2n) is 6.15. The van der Waals surface area contributed by atoms with Crippen LogP contribution in [0.5, 0.6) is 0 Å². The molecule has 6 heteroatoms. The van der Waals surface area contributed by atoms with Crippen LogP contribution < -0.4 is 5.32 Å². The highest BCUT2D eigenvalue weighted by atomic mass is 32.2. The van der Waals surface area contributed by atoms with Crippen molar-refractivity contribution in [2.24, 2.45) is 10.9 Å². The van der Waals surface area contributed by atoms with Crippen LogP contribution in [0.25, 0.3) is 0 Å². The Labute approximate surface area is 155 Å². The molecule has 0 aromatic heterocycles. The van der Waals surface area contributed by atoms with Gasteiger partial charge >= 0.3 is 5.97 Å². The van der Waals surface area contributed by atoms with Crippen molar-refractivity contribution in [3.05, 3.63) is 29.8 Å². The summed E-state index contributed by atoms with van der Waals surface area (Å²) in [5, 5.41) is 3.43. The molecule has 138 valence electrons. The van der Waals surface area contributed by atoms with Crippen LogP contribution in [-0.4, -0.2) is 55.9 Å². The van der Waals surface area contributed by atoms with Crippen molar-refractivity contribution < 1.29 is 9.53 Å². The number of thioether (sulfide) groups is 1. The maximum Gasteiger partial charge on any atom is 0.309 e. The molecule has 0 amide bonds. The number of likely N-dealkylation sites (tertiary alicyclic amines) is 1. The van der Waals surface area contributed by atoms with Crippen molar-refractivity contribution in [1.82, 2.24) is 10.2 Å². The van der Waals surface area contributed by atoms with E-state index in [9.17, 15) is 4.79 Å². The van der Waals surface area contributed by atoms with Crippen LogP contribution in [0.3, 0.4) is 0 Å². The van der Waals surface area contributed by atoms with Crippen molar-refractivity contribution in [3.63, 3.8) is 0 Å². The van der Waals surface area contributed by atoms with Crippen molar-refractivity contribution in [3.8, 4) is 0 Å². The number of guanidine groups is 1. The van der Waals surface area contributed by atoms with Gasteiger partial charge in [-0.3, -0.25) is 9.79 Å². The molecule has 1 saturated heterocycles. The lowest BCUT2D eigenvalue weighted by molar-refractivity contribution is -0.149. The van der Waals surface area contributed by atoms with Crippen LogP contribution in [-0.2, 0) is 9.53 Å². The number of nitrogens with one attached hydrogen (secondary N) is 1. The Balaban J connectivity index is 1.70. The maximum absolute atomic E-state index is 11.8. The van der Waals surface area contributed by atoms with Crippen LogP contribution in [0.4, 0.5) is 0 Å². The van der Waals surface area contributed by atoms with E-state index in [1.807, 2.05) is 25.7 Å². The Hall–Kier alpha value is -1.69. The summed E-state index contributed by atoms with van der Waals surface area (Å²) in [4.78, 5) is 19.7. The monoisotopic (exact) mass is 363 g/mol. The molecule has 1 aromatic rings. The average molecular weight is 364 g/mol. The van der Waals surface area contributed by atoms with E-state index in [4.69, 9.17) is 4.74 Å². The largest absolute Gasteiger partial charge is 0.466 e. The molecular formula is C19H29N3O2S. The van der Waals surface area contributed by atoms with Crippen LogP contribution in [0.2, 0.25) is 0 Å². The fourth-order valence-electron chi connectivity index (χ4n) is 2.89. The highest BCUT2D eigenvalue weighted by Gasteiger charge is 2.27. The van der Waals surface area contributed by atoms with Crippen LogP contribution >= 0.6 is 11.8 Å². The fraction of sp³-hybridized carbons (Fsp3) is 0.579. The fourth-order valence-corrected chi connectivity index (χ4v) is 3.65. The second-order valence-corrected chi connectivity index (χ2v) is 7.32. The number of rotatable bonds is 6. The van der Waals surface area contributed by atoms with E-state index in [-0.39, 0.29) is 11.9 Å². The summed E-state index contributed by atoms with van der Waals surface area (Å²) in [6.07, 6.45) is 1.66. The Morgan fingerprint density at radius 1 is 1.32 bits per heavy atom. The number of esters is 1. The summed E-state index contributed by atoms with van der Waals surface area (Å²) < 4.78 is 5.13. The molecule has 0 saturated carbocycles. The third-order valence-electron chi connectivity index (χ3n) is 4.30. The van der Waals surface area contributed by atoms with E-state index in [1.165, 1.54) is 10.5 Å². The zero-order valence-electron chi connectivity index (χ0n) is 15.5. The number of benzene rings is 1. The van der Waals surface area contributed by atoms with Crippen LogP contribution in [0.1, 0.15) is 25.3 Å². The molecule has 1 heterocycles. The molecule has 1 fully saturated rings. The predicted octanol–water partition coefficient (Wildman–Crippen LogP) is 2.94. The predicted molar refractivity (Wildman–Crippen MR) is 104 cm³/mol. The highest BCUT2D eigenvalue weighted by Crippen LogP contribution is 2.19. The van der Waals surface area contributed by atoms with E-state index < -0.39 is 0 Å². The summed E-state index contributed by atoms with van der Waals surface area (Å²) in [7, 11) is 1.81. The first-order valence-electron chi connectivity index (χ1n) is 8.95. The van der Waals surface area contributed by atoms with E-state index in [0.29, 0.717) is 6.61 Å². The summed E-state index contributed by atoms with van der Waals surface area (Å²) in [6, 6.07) is 8.61. The Morgan fingerprint density at radius 2 is 2.00 bits per heavy atom. The summed E-state index contributed by atoms with van der Waals surface area (Å²) in [5.41, 5.74) is 1.29. The Morgan fingerprint density at radius 3 is 2.60 bits per heavy atom. The number of hydrogen-bond donors (Lipinski definition) is 1. The number of ether oxygens (including phenoxy) is 1. The molecule has 1 N–H and O–H groups in total. The third kappa shape index (κ3) is 6.27. The minimum Gasteiger partial charge on any atom is -0.466 e. The molecule has 25 heavy (non-hydrogen) atoms. The van der Waals surface area contributed by atoms with Crippen LogP contribution in [0, 0.1) is 12.8 Å². The van der Waals surface area contributed by atoms with Crippen molar-refractivity contribution in [2.75, 3.05) is 39.0 Å². The lowest BCUT2D eigenvalue weighted by atomic mass is 9.97. The van der Waals surface area contributed by atoms with Gasteiger partial charge in [0.1, 0.15) is 0 Å². The molecule has 0 radical (unpaired) electrons. The van der Waals surface area contributed by atoms with Gasteiger partial charge < -0.3 is 15.0 Å². The normalized spacial score (nSPS) is 16.0. The summed E-state index contributed by atoms with van der Waals surface area (Å²) in [5.74, 6) is 1.89. The first-order chi connectivity index (χ1) is 12.1. The second kappa shape index (κ2) is 10.3. The van der Waals surface area contributed by atoms with E-state index in [2.05, 4.69) is 46.4 Å². The Bertz CT molecular complexity index is 567. The van der Waals surface area contributed by atoms with E-state index >= 15 is 0 Å². The number of nitrogens with zero attached hydrogens (tertiary/aromatic N) is 2. The standard InChI is InChI=1S/C19H29N3O2S/c1-4-24-18(23)16-9-12-22(13-10-16)19(20-3)21-11-14-25-17-7-5-15(2)6-8-17/h5-8,16H,4,9-14H2,1-3H3,(H,20,21). The summed E-state index contributed by atoms with van der Waals surface area (Å²) >= 11 is 1.84. The molecule has 1 aromatic carbocycles. The molecule has 0 bridgehead atoms. The number of hydrogen-bond acceptors (Lipinski definition) is 4. The number of aryl methyl sites for hydroxylation is 1. The molecule has 1 aliphatic rings. The van der Waals surface area contributed by atoms with Gasteiger partial charge in [0.25, 0.3) is 0 Å². The van der Waals surface area contributed by atoms with Crippen molar-refractivity contribution in [1.29, 1.82) is 0 Å². The number of carbonyl (C=O) groups excluding carboxylic acids is 1. The molecule has 0 aliphatic carbocycles. The zero-order valence-corrected chi connectivity index (χ0v) is 16.3. The SMILES string of the molecule is CCOC(=O)C1CCN(C(=NC)NCCSc2ccc(C)cc2)CC1. The minimum absolute atomic E-state index is 0.0337. The number of carbonyl (C=O) groups is 1. The molecular weight excluding hydrogens is 334 g/mol. The van der Waals surface area contributed by atoms with Gasteiger partial charge in [-0.15, -0.1) is 11.8 Å². The minimum atomic E-state index is -0.0559. The third-order valence-corrected chi connectivity index (χ3v) is 5.31. The molecule has 0 atom stereocenters. The molecule has 5 nitrogen and oxygen atoms in total. The highest BCUT2D eigenvalue weighted by molar-refractivity contribution is 7.99. The average Bonchev–Trinajstić information content (AvgIpc) is 2.64. The van der Waals surface area contributed by atoms with Crippen molar-refractivity contribution >= 4 is 23.7 Å². The smallest absolute Gasteiger partial charge is 0.309 e. The number of aliphatic imine (C=N–C) groups is 1. The summed E-state index contributed by atoms with van der Waals surface area (Å²) in [6.45, 7) is 6.96. The van der Waals surface area contributed by atoms with E-state index in [1.54, 1.807) is 0 Å². The van der Waals surface area contributed by atoms with Gasteiger partial charge in [0, 0.05) is 37.3 Å². The Kier molecular flexibility index (Phi) is 8.12. The number of piperidine rings is 1. The molecule has 1 aliphatic heterocycles. The van der Waals surface area contributed by atoms with Crippen LogP contribution in [0.15, 0.2) is 34.2 Å². The quantitative estimate of drug-likeness (QED) is 0.277. The maximum atomic E-state index is 11.8. The molecule has 2 rings (SSSR count). The lowest BCUT2D eigenvalue weighted by Crippen LogP contribution is -2.47. The van der Waals surface area contributed by atoms with Gasteiger partial charge in [-0.2, -0.15) is 0 Å². The molecule has 0 spiro atoms. The van der Waals surface area contributed by atoms with Gasteiger partial charge in [-0.1, -0.05) is 17.7 Å². The topological polar surface area (TPSA) is 53.9 Å². The zero-order chi connectivity index (χ0) is 18.1. The van der Waals surface area contributed by atoms with Crippen molar-refractivity contribution in [2.45, 2.75) is 31.6 Å². The van der Waals surface area contributed by atoms with Gasteiger partial charge in [-0.05, 0) is 38.8 Å². The van der Waals surface area contributed by atoms with Gasteiger partial charge in [-0.25, -0.2) is 0 Å². The van der Waals surface area contributed by atoms with Gasteiger partial charge in [0.2, 0.25) is 0 Å².